The molecule has 0 N–H and O–H groups in total. The third kappa shape index (κ3) is 3.28. The van der Waals surface area contributed by atoms with E-state index in [9.17, 15) is 4.39 Å². The van der Waals surface area contributed by atoms with Crippen LogP contribution in [0, 0.1) is 11.7 Å². The van der Waals surface area contributed by atoms with E-state index >= 15 is 0 Å². The first-order valence-electron chi connectivity index (χ1n) is 7.92. The van der Waals surface area contributed by atoms with Crippen LogP contribution < -0.4 is 4.74 Å². The minimum Gasteiger partial charge on any atom is -0.497 e. The summed E-state index contributed by atoms with van der Waals surface area (Å²) in [4.78, 5) is 0. The number of hydrogen-bond acceptors (Lipinski definition) is 1. The predicted octanol–water partition coefficient (Wildman–Crippen LogP) is 6.36. The maximum absolute atomic E-state index is 14.8. The largest absolute Gasteiger partial charge is 0.497 e. The predicted molar refractivity (Wildman–Crippen MR) is 94.4 cm³/mol. The van der Waals surface area contributed by atoms with Crippen molar-refractivity contribution < 1.29 is 9.13 Å². The third-order valence-corrected chi connectivity index (χ3v) is 4.87. The maximum atomic E-state index is 14.8. The van der Waals surface area contributed by atoms with Crippen LogP contribution in [0.2, 0.25) is 5.02 Å². The lowest BCUT2D eigenvalue weighted by atomic mass is 9.87. The number of methoxy groups -OCH3 is 1. The molecule has 0 saturated carbocycles. The third-order valence-electron chi connectivity index (χ3n) is 4.50. The molecule has 120 valence electrons. The molecule has 0 aromatic heterocycles. The maximum Gasteiger partial charge on any atom is 0.150 e. The number of halogens is 2. The Labute approximate surface area is 141 Å². The lowest BCUT2D eigenvalue weighted by Crippen LogP contribution is -2.02. The van der Waals surface area contributed by atoms with Crippen LogP contribution in [0.1, 0.15) is 31.7 Å². The van der Waals surface area contributed by atoms with E-state index in [0.29, 0.717) is 11.5 Å². The van der Waals surface area contributed by atoms with E-state index in [-0.39, 0.29) is 10.8 Å². The molecule has 0 radical (unpaired) electrons. The topological polar surface area (TPSA) is 9.23 Å². The summed E-state index contributed by atoms with van der Waals surface area (Å²) >= 11 is 6.34. The van der Waals surface area contributed by atoms with Crippen molar-refractivity contribution in [2.24, 2.45) is 5.92 Å². The van der Waals surface area contributed by atoms with Crippen LogP contribution in [0.25, 0.3) is 16.7 Å². The molecule has 1 unspecified atom stereocenters. The molecule has 0 saturated heterocycles. The van der Waals surface area contributed by atoms with Gasteiger partial charge in [-0.1, -0.05) is 48.9 Å². The molecule has 1 nitrogen and oxygen atoms in total. The molecule has 0 amide bonds. The summed E-state index contributed by atoms with van der Waals surface area (Å²) in [6, 6.07) is 11.1. The van der Waals surface area contributed by atoms with E-state index in [2.05, 4.69) is 13.0 Å². The van der Waals surface area contributed by atoms with Crippen molar-refractivity contribution in [3.8, 4) is 16.9 Å². The summed E-state index contributed by atoms with van der Waals surface area (Å²) in [6.07, 6.45) is 5.32. The SMILES string of the molecule is COc1ccc(-c2ccc(C3=CCC(C)CC3)c(Cl)c2F)cc1. The van der Waals surface area contributed by atoms with Gasteiger partial charge in [-0.3, -0.25) is 0 Å². The standard InChI is InChI=1S/C20H20ClFO/c1-13-3-5-14(6-4-13)17-11-12-18(20(22)19(17)21)15-7-9-16(23-2)10-8-15/h5,7-13H,3-4,6H2,1-2H3. The Bertz CT molecular complexity index is 734. The van der Waals surface area contributed by atoms with Gasteiger partial charge in [-0.25, -0.2) is 4.39 Å². The Balaban J connectivity index is 1.97. The number of benzene rings is 2. The van der Waals surface area contributed by atoms with Gasteiger partial charge in [0.15, 0.2) is 0 Å². The van der Waals surface area contributed by atoms with Crippen LogP contribution in [0.4, 0.5) is 4.39 Å². The van der Waals surface area contributed by atoms with E-state index in [0.717, 1.165) is 41.7 Å². The Kier molecular flexibility index (Phi) is 4.72. The van der Waals surface area contributed by atoms with Crippen LogP contribution in [0.3, 0.4) is 0 Å². The van der Waals surface area contributed by atoms with Gasteiger partial charge in [0.05, 0.1) is 12.1 Å². The summed E-state index contributed by atoms with van der Waals surface area (Å²) in [5.41, 5.74) is 3.30. The molecular formula is C20H20ClFO. The Morgan fingerprint density at radius 1 is 1.09 bits per heavy atom. The van der Waals surface area contributed by atoms with Gasteiger partial charge in [0.1, 0.15) is 11.6 Å². The highest BCUT2D eigenvalue weighted by Crippen LogP contribution is 2.38. The monoisotopic (exact) mass is 330 g/mol. The summed E-state index contributed by atoms with van der Waals surface area (Å²) < 4.78 is 19.9. The van der Waals surface area contributed by atoms with Crippen LogP contribution in [0.5, 0.6) is 5.75 Å². The fraction of sp³-hybridized carbons (Fsp3) is 0.300. The molecule has 3 heteroatoms. The first-order chi connectivity index (χ1) is 11.1. The number of rotatable bonds is 3. The lowest BCUT2D eigenvalue weighted by Gasteiger charge is -2.20. The average Bonchev–Trinajstić information content (AvgIpc) is 2.58. The van der Waals surface area contributed by atoms with Crippen molar-refractivity contribution in [1.82, 2.24) is 0 Å². The van der Waals surface area contributed by atoms with E-state index < -0.39 is 0 Å². The molecule has 2 aromatic carbocycles. The fourth-order valence-electron chi connectivity index (χ4n) is 3.00. The van der Waals surface area contributed by atoms with Gasteiger partial charge >= 0.3 is 0 Å². The quantitative estimate of drug-likeness (QED) is 0.636. The first kappa shape index (κ1) is 16.1. The molecular weight excluding hydrogens is 311 g/mol. The van der Waals surface area contributed by atoms with E-state index in [1.165, 1.54) is 0 Å². The summed E-state index contributed by atoms with van der Waals surface area (Å²) in [7, 11) is 1.61. The van der Waals surface area contributed by atoms with Gasteiger partial charge in [0, 0.05) is 5.56 Å². The zero-order valence-electron chi connectivity index (χ0n) is 13.4. The van der Waals surface area contributed by atoms with Gasteiger partial charge in [0.2, 0.25) is 0 Å². The molecule has 2 aromatic rings. The Morgan fingerprint density at radius 2 is 1.78 bits per heavy atom. The number of ether oxygens (including phenoxy) is 1. The second kappa shape index (κ2) is 6.76. The number of allylic oxidation sites excluding steroid dienone is 2. The Hall–Kier alpha value is -1.80. The van der Waals surface area contributed by atoms with Crippen molar-refractivity contribution in [3.05, 3.63) is 58.9 Å². The van der Waals surface area contributed by atoms with Crippen LogP contribution in [-0.4, -0.2) is 7.11 Å². The van der Waals surface area contributed by atoms with Gasteiger partial charge < -0.3 is 4.74 Å². The Morgan fingerprint density at radius 3 is 2.39 bits per heavy atom. The molecule has 3 rings (SSSR count). The highest BCUT2D eigenvalue weighted by Gasteiger charge is 2.18. The van der Waals surface area contributed by atoms with Gasteiger partial charge in [0.25, 0.3) is 0 Å². The minimum atomic E-state index is -0.353. The minimum absolute atomic E-state index is 0.221. The van der Waals surface area contributed by atoms with Crippen molar-refractivity contribution >= 4 is 17.2 Å². The fourth-order valence-corrected chi connectivity index (χ4v) is 3.29. The normalized spacial score (nSPS) is 17.7. The van der Waals surface area contributed by atoms with Gasteiger partial charge in [-0.15, -0.1) is 0 Å². The molecule has 0 spiro atoms. The highest BCUT2D eigenvalue weighted by atomic mass is 35.5. The summed E-state index contributed by atoms with van der Waals surface area (Å²) in [5, 5.41) is 0.221. The second-order valence-electron chi connectivity index (χ2n) is 6.13. The molecule has 23 heavy (non-hydrogen) atoms. The smallest absolute Gasteiger partial charge is 0.150 e. The summed E-state index contributed by atoms with van der Waals surface area (Å²) in [5.74, 6) is 1.09. The van der Waals surface area contributed by atoms with E-state index in [1.54, 1.807) is 7.11 Å². The van der Waals surface area contributed by atoms with Crippen molar-refractivity contribution in [2.75, 3.05) is 7.11 Å². The van der Waals surface area contributed by atoms with Crippen molar-refractivity contribution in [3.63, 3.8) is 0 Å². The van der Waals surface area contributed by atoms with Crippen LogP contribution >= 0.6 is 11.6 Å². The van der Waals surface area contributed by atoms with Crippen LogP contribution in [-0.2, 0) is 0 Å². The molecule has 1 aliphatic carbocycles. The molecule has 0 aliphatic heterocycles. The van der Waals surface area contributed by atoms with Crippen molar-refractivity contribution in [1.29, 1.82) is 0 Å². The zero-order chi connectivity index (χ0) is 16.4. The van der Waals surface area contributed by atoms with Gasteiger partial charge in [-0.2, -0.15) is 0 Å². The highest BCUT2D eigenvalue weighted by molar-refractivity contribution is 6.32. The summed E-state index contributed by atoms with van der Waals surface area (Å²) in [6.45, 7) is 2.24. The van der Waals surface area contributed by atoms with Gasteiger partial charge in [-0.05, 0) is 54.0 Å². The lowest BCUT2D eigenvalue weighted by molar-refractivity contribution is 0.415. The first-order valence-corrected chi connectivity index (χ1v) is 8.29. The molecule has 0 fully saturated rings. The number of hydrogen-bond donors (Lipinski definition) is 0. The van der Waals surface area contributed by atoms with Crippen molar-refractivity contribution in [2.45, 2.75) is 26.2 Å². The molecule has 1 aliphatic rings. The van der Waals surface area contributed by atoms with Crippen LogP contribution in [0.15, 0.2) is 42.5 Å². The average molecular weight is 331 g/mol. The second-order valence-corrected chi connectivity index (χ2v) is 6.50. The molecule has 0 bridgehead atoms. The molecule has 1 atom stereocenters. The van der Waals surface area contributed by atoms with E-state index in [1.807, 2.05) is 36.4 Å². The zero-order valence-corrected chi connectivity index (χ0v) is 14.2. The van der Waals surface area contributed by atoms with E-state index in [4.69, 9.17) is 16.3 Å². The molecule has 0 heterocycles.